The molecular weight excluding hydrogens is 330 g/mol. The van der Waals surface area contributed by atoms with Crippen LogP contribution >= 0.6 is 0 Å². The van der Waals surface area contributed by atoms with Crippen LogP contribution in [0.4, 0.5) is 5.69 Å². The first-order chi connectivity index (χ1) is 13.3. The van der Waals surface area contributed by atoms with Crippen LogP contribution in [-0.4, -0.2) is 29.0 Å². The first-order valence-electron chi connectivity index (χ1n) is 9.64. The minimum absolute atomic E-state index is 0.504. The van der Waals surface area contributed by atoms with Crippen molar-refractivity contribution in [1.82, 2.24) is 9.88 Å². The highest BCUT2D eigenvalue weighted by Gasteiger charge is 2.22. The molecule has 1 atom stereocenters. The molecule has 0 bridgehead atoms. The molecule has 3 aromatic carbocycles. The van der Waals surface area contributed by atoms with Crippen molar-refractivity contribution in [2.24, 2.45) is 0 Å². The SMILES string of the molecule is c1ccc2cc(CN3CCC(Nc4ccc5cnccc5c4)C3)ccc2c1. The zero-order valence-corrected chi connectivity index (χ0v) is 15.3. The summed E-state index contributed by atoms with van der Waals surface area (Å²) in [5.74, 6) is 0. The van der Waals surface area contributed by atoms with Gasteiger partial charge in [0.25, 0.3) is 0 Å². The number of hydrogen-bond acceptors (Lipinski definition) is 3. The third-order valence-electron chi connectivity index (χ3n) is 5.50. The fourth-order valence-electron chi connectivity index (χ4n) is 4.10. The lowest BCUT2D eigenvalue weighted by Crippen LogP contribution is -2.25. The molecule has 0 aliphatic carbocycles. The highest BCUT2D eigenvalue weighted by Crippen LogP contribution is 2.23. The van der Waals surface area contributed by atoms with E-state index in [-0.39, 0.29) is 0 Å². The summed E-state index contributed by atoms with van der Waals surface area (Å²) in [6.07, 6.45) is 4.95. The number of likely N-dealkylation sites (tertiary alicyclic amines) is 1. The monoisotopic (exact) mass is 353 g/mol. The van der Waals surface area contributed by atoms with Gasteiger partial charge >= 0.3 is 0 Å². The van der Waals surface area contributed by atoms with Crippen molar-refractivity contribution in [3.63, 3.8) is 0 Å². The molecule has 2 heterocycles. The molecule has 1 N–H and O–H groups in total. The van der Waals surface area contributed by atoms with Gasteiger partial charge in [-0.2, -0.15) is 0 Å². The molecule has 1 fully saturated rings. The van der Waals surface area contributed by atoms with Gasteiger partial charge in [0.05, 0.1) is 0 Å². The maximum atomic E-state index is 4.19. The van der Waals surface area contributed by atoms with Crippen molar-refractivity contribution in [2.75, 3.05) is 18.4 Å². The minimum Gasteiger partial charge on any atom is -0.381 e. The van der Waals surface area contributed by atoms with Crippen molar-refractivity contribution in [1.29, 1.82) is 0 Å². The molecule has 1 saturated heterocycles. The van der Waals surface area contributed by atoms with Gasteiger partial charge in [0.15, 0.2) is 0 Å². The molecule has 0 amide bonds. The Morgan fingerprint density at radius 1 is 0.889 bits per heavy atom. The summed E-state index contributed by atoms with van der Waals surface area (Å²) in [7, 11) is 0. The van der Waals surface area contributed by atoms with Crippen molar-refractivity contribution in [3.8, 4) is 0 Å². The van der Waals surface area contributed by atoms with E-state index in [0.717, 1.165) is 19.6 Å². The molecule has 1 aromatic heterocycles. The zero-order chi connectivity index (χ0) is 18.1. The van der Waals surface area contributed by atoms with Crippen LogP contribution in [0.15, 0.2) is 79.1 Å². The lowest BCUT2D eigenvalue weighted by Gasteiger charge is -2.18. The Hall–Kier alpha value is -2.91. The summed E-state index contributed by atoms with van der Waals surface area (Å²) in [5, 5.41) is 8.78. The van der Waals surface area contributed by atoms with Gasteiger partial charge in [-0.1, -0.05) is 42.5 Å². The fourth-order valence-corrected chi connectivity index (χ4v) is 4.10. The maximum Gasteiger partial charge on any atom is 0.0400 e. The predicted molar refractivity (Wildman–Crippen MR) is 113 cm³/mol. The Morgan fingerprint density at radius 3 is 2.70 bits per heavy atom. The van der Waals surface area contributed by atoms with Crippen LogP contribution in [0.2, 0.25) is 0 Å². The summed E-state index contributed by atoms with van der Waals surface area (Å²) in [6, 6.07) is 24.5. The second-order valence-corrected chi connectivity index (χ2v) is 7.48. The summed E-state index contributed by atoms with van der Waals surface area (Å²) in [4.78, 5) is 6.74. The third kappa shape index (κ3) is 3.51. The summed E-state index contributed by atoms with van der Waals surface area (Å²) in [5.41, 5.74) is 2.60. The van der Waals surface area contributed by atoms with E-state index in [1.54, 1.807) is 0 Å². The van der Waals surface area contributed by atoms with Crippen molar-refractivity contribution in [2.45, 2.75) is 19.0 Å². The second-order valence-electron chi connectivity index (χ2n) is 7.48. The fraction of sp³-hybridized carbons (Fsp3) is 0.208. The second kappa shape index (κ2) is 7.01. The maximum absolute atomic E-state index is 4.19. The molecule has 3 nitrogen and oxygen atoms in total. The topological polar surface area (TPSA) is 28.2 Å². The Balaban J connectivity index is 1.25. The van der Waals surface area contributed by atoms with Crippen LogP contribution in [0.25, 0.3) is 21.5 Å². The average Bonchev–Trinajstić information content (AvgIpc) is 3.14. The van der Waals surface area contributed by atoms with Crippen LogP contribution in [-0.2, 0) is 6.54 Å². The summed E-state index contributed by atoms with van der Waals surface area (Å²) >= 11 is 0. The van der Waals surface area contributed by atoms with E-state index in [2.05, 4.69) is 81.9 Å². The van der Waals surface area contributed by atoms with Gasteiger partial charge < -0.3 is 5.32 Å². The van der Waals surface area contributed by atoms with Crippen LogP contribution in [0.1, 0.15) is 12.0 Å². The van der Waals surface area contributed by atoms with Gasteiger partial charge in [0, 0.05) is 49.1 Å². The van der Waals surface area contributed by atoms with Crippen molar-refractivity contribution >= 4 is 27.2 Å². The van der Waals surface area contributed by atoms with Gasteiger partial charge in [-0.05, 0) is 52.4 Å². The van der Waals surface area contributed by atoms with Crippen molar-refractivity contribution in [3.05, 3.63) is 84.7 Å². The molecule has 1 unspecified atom stereocenters. The lowest BCUT2D eigenvalue weighted by molar-refractivity contribution is 0.329. The first-order valence-corrected chi connectivity index (χ1v) is 9.64. The lowest BCUT2D eigenvalue weighted by atomic mass is 10.1. The molecule has 3 heteroatoms. The average molecular weight is 353 g/mol. The highest BCUT2D eigenvalue weighted by molar-refractivity contribution is 5.85. The van der Waals surface area contributed by atoms with E-state index in [1.807, 2.05) is 12.4 Å². The summed E-state index contributed by atoms with van der Waals surface area (Å²) < 4.78 is 0. The molecule has 1 aliphatic rings. The smallest absolute Gasteiger partial charge is 0.0400 e. The van der Waals surface area contributed by atoms with Crippen LogP contribution in [0.3, 0.4) is 0 Å². The molecule has 0 spiro atoms. The van der Waals surface area contributed by atoms with Crippen molar-refractivity contribution < 1.29 is 0 Å². The predicted octanol–water partition coefficient (Wildman–Crippen LogP) is 5.07. The van der Waals surface area contributed by atoms with Gasteiger partial charge in [-0.25, -0.2) is 0 Å². The van der Waals surface area contributed by atoms with Crippen LogP contribution < -0.4 is 5.32 Å². The minimum atomic E-state index is 0.504. The molecule has 0 saturated carbocycles. The Labute approximate surface area is 159 Å². The normalized spacial score (nSPS) is 17.6. The number of nitrogens with one attached hydrogen (secondary N) is 1. The molecular formula is C24H23N3. The first kappa shape index (κ1) is 16.3. The number of pyridine rings is 1. The largest absolute Gasteiger partial charge is 0.381 e. The van der Waals surface area contributed by atoms with E-state index >= 15 is 0 Å². The van der Waals surface area contributed by atoms with Gasteiger partial charge in [0.1, 0.15) is 0 Å². The standard InChI is InChI=1S/C24H23N3/c1-2-4-20-13-18(5-6-19(20)3-1)16-27-12-10-24(17-27)26-23-8-7-22-15-25-11-9-21(22)14-23/h1-9,11,13-15,24,26H,10,12,16-17H2. The Morgan fingerprint density at radius 2 is 1.74 bits per heavy atom. The number of anilines is 1. The number of aromatic nitrogens is 1. The molecule has 0 radical (unpaired) electrons. The van der Waals surface area contributed by atoms with E-state index < -0.39 is 0 Å². The van der Waals surface area contributed by atoms with Gasteiger partial charge in [-0.15, -0.1) is 0 Å². The van der Waals surface area contributed by atoms with Crippen LogP contribution in [0, 0.1) is 0 Å². The number of fused-ring (bicyclic) bond motifs is 2. The molecule has 27 heavy (non-hydrogen) atoms. The molecule has 5 rings (SSSR count). The number of rotatable bonds is 4. The quantitative estimate of drug-likeness (QED) is 0.555. The number of nitrogens with zero attached hydrogens (tertiary/aromatic N) is 2. The van der Waals surface area contributed by atoms with E-state index in [0.29, 0.717) is 6.04 Å². The number of benzene rings is 3. The van der Waals surface area contributed by atoms with Gasteiger partial charge in [0.2, 0.25) is 0 Å². The van der Waals surface area contributed by atoms with E-state index in [9.17, 15) is 0 Å². The number of hydrogen-bond donors (Lipinski definition) is 1. The van der Waals surface area contributed by atoms with Gasteiger partial charge in [-0.3, -0.25) is 9.88 Å². The molecule has 1 aliphatic heterocycles. The molecule has 134 valence electrons. The Kier molecular flexibility index (Phi) is 4.23. The van der Waals surface area contributed by atoms with E-state index in [1.165, 1.54) is 39.2 Å². The molecule has 4 aromatic rings. The zero-order valence-electron chi connectivity index (χ0n) is 15.3. The highest BCUT2D eigenvalue weighted by atomic mass is 15.2. The van der Waals surface area contributed by atoms with Crippen LogP contribution in [0.5, 0.6) is 0 Å². The van der Waals surface area contributed by atoms with E-state index in [4.69, 9.17) is 0 Å². The summed E-state index contributed by atoms with van der Waals surface area (Å²) in [6.45, 7) is 3.25. The Bertz CT molecular complexity index is 1000. The third-order valence-corrected chi connectivity index (χ3v) is 5.50.